The molecule has 7 nitrogen and oxygen atoms in total. The van der Waals surface area contributed by atoms with Crippen LogP contribution in [-0.2, 0) is 4.79 Å². The Morgan fingerprint density at radius 1 is 1.12 bits per heavy atom. The Kier molecular flexibility index (Phi) is 10.1. The van der Waals surface area contributed by atoms with E-state index in [1.54, 1.807) is 30.0 Å². The molecule has 2 aliphatic rings. The molecule has 32 heavy (non-hydrogen) atoms. The predicted octanol–water partition coefficient (Wildman–Crippen LogP) is 4.75. The quantitative estimate of drug-likeness (QED) is 0.515. The van der Waals surface area contributed by atoms with Crippen molar-refractivity contribution in [1.29, 1.82) is 0 Å². The first-order chi connectivity index (χ1) is 15.5. The minimum absolute atomic E-state index is 0.0211. The number of nitrogens with zero attached hydrogens (tertiary/aromatic N) is 4. The third-order valence-corrected chi connectivity index (χ3v) is 8.84. The molecule has 1 aliphatic heterocycles. The van der Waals surface area contributed by atoms with Gasteiger partial charge in [-0.25, -0.2) is 9.78 Å². The van der Waals surface area contributed by atoms with Crippen molar-refractivity contribution < 1.29 is 9.59 Å². The fourth-order valence-electron chi connectivity index (χ4n) is 4.80. The molecule has 0 radical (unpaired) electrons. The maximum atomic E-state index is 13.4. The molecular weight excluding hydrogens is 442 g/mol. The second kappa shape index (κ2) is 12.8. The Morgan fingerprint density at radius 2 is 1.78 bits per heavy atom. The van der Waals surface area contributed by atoms with Crippen LogP contribution in [0.2, 0.25) is 0 Å². The Hall–Kier alpha value is -1.32. The van der Waals surface area contributed by atoms with Crippen molar-refractivity contribution in [3.05, 3.63) is 6.20 Å². The lowest BCUT2D eigenvalue weighted by Gasteiger charge is -2.43. The van der Waals surface area contributed by atoms with Gasteiger partial charge in [0.15, 0.2) is 5.13 Å². The SMILES string of the molecule is CCN(CC)CCSc1cnc(NC(=O)N(C2CCCCC2)C2CCN(C(C)=O)CC2)s1. The molecule has 0 unspecified atom stereocenters. The second-order valence-electron chi connectivity index (χ2n) is 8.73. The summed E-state index contributed by atoms with van der Waals surface area (Å²) in [5, 5.41) is 3.79. The topological polar surface area (TPSA) is 68.8 Å². The van der Waals surface area contributed by atoms with Gasteiger partial charge in [0.1, 0.15) is 0 Å². The number of aromatic nitrogens is 1. The molecule has 9 heteroatoms. The van der Waals surface area contributed by atoms with Crippen LogP contribution in [0.5, 0.6) is 0 Å². The van der Waals surface area contributed by atoms with E-state index in [-0.39, 0.29) is 18.0 Å². The lowest BCUT2D eigenvalue weighted by atomic mass is 9.91. The summed E-state index contributed by atoms with van der Waals surface area (Å²) in [5.41, 5.74) is 0. The lowest BCUT2D eigenvalue weighted by Crippen LogP contribution is -2.54. The van der Waals surface area contributed by atoms with Gasteiger partial charge in [0.25, 0.3) is 0 Å². The van der Waals surface area contributed by atoms with Gasteiger partial charge in [0, 0.05) is 44.4 Å². The first-order valence-corrected chi connectivity index (χ1v) is 14.0. The molecule has 1 aromatic rings. The van der Waals surface area contributed by atoms with Crippen LogP contribution >= 0.6 is 23.1 Å². The van der Waals surface area contributed by atoms with Gasteiger partial charge in [-0.1, -0.05) is 44.4 Å². The summed E-state index contributed by atoms with van der Waals surface area (Å²) in [4.78, 5) is 36.0. The highest BCUT2D eigenvalue weighted by Crippen LogP contribution is 2.31. The number of carbonyl (C=O) groups is 2. The monoisotopic (exact) mass is 481 g/mol. The summed E-state index contributed by atoms with van der Waals surface area (Å²) < 4.78 is 1.14. The molecule has 1 saturated heterocycles. The zero-order valence-corrected chi connectivity index (χ0v) is 21.5. The van der Waals surface area contributed by atoms with Crippen LogP contribution in [-0.4, -0.2) is 82.2 Å². The maximum absolute atomic E-state index is 13.4. The summed E-state index contributed by atoms with van der Waals surface area (Å²) in [6.07, 6.45) is 9.37. The van der Waals surface area contributed by atoms with Crippen molar-refractivity contribution in [3.8, 4) is 0 Å². The van der Waals surface area contributed by atoms with Crippen LogP contribution in [0.4, 0.5) is 9.93 Å². The summed E-state index contributed by atoms with van der Waals surface area (Å²) >= 11 is 3.37. The summed E-state index contributed by atoms with van der Waals surface area (Å²) in [6.45, 7) is 10.7. The fourth-order valence-corrected chi connectivity index (χ4v) is 6.74. The zero-order chi connectivity index (χ0) is 22.9. The van der Waals surface area contributed by atoms with Gasteiger partial charge in [0.05, 0.1) is 10.4 Å². The molecule has 0 aromatic carbocycles. The molecule has 2 fully saturated rings. The van der Waals surface area contributed by atoms with Crippen LogP contribution in [0.15, 0.2) is 10.4 Å². The van der Waals surface area contributed by atoms with E-state index in [2.05, 4.69) is 33.9 Å². The molecule has 3 rings (SSSR count). The van der Waals surface area contributed by atoms with Crippen LogP contribution < -0.4 is 5.32 Å². The number of rotatable bonds is 9. The number of anilines is 1. The van der Waals surface area contributed by atoms with Crippen LogP contribution in [0.25, 0.3) is 0 Å². The molecule has 2 heterocycles. The van der Waals surface area contributed by atoms with E-state index in [0.717, 1.165) is 68.4 Å². The molecule has 1 aliphatic carbocycles. The number of hydrogen-bond acceptors (Lipinski definition) is 6. The number of piperidine rings is 1. The standard InChI is InChI=1S/C23H39N5O2S2/c1-4-26(5-2)15-16-31-21-17-24-22(32-21)25-23(30)28(19-9-7-6-8-10-19)20-11-13-27(14-12-20)18(3)29/h17,19-20H,4-16H2,1-3H3,(H,24,25,30). The first kappa shape index (κ1) is 25.3. The van der Waals surface area contributed by atoms with Crippen molar-refractivity contribution in [2.45, 2.75) is 82.0 Å². The normalized spacial score (nSPS) is 18.2. The summed E-state index contributed by atoms with van der Waals surface area (Å²) in [7, 11) is 0. The van der Waals surface area contributed by atoms with Gasteiger partial charge in [-0.15, -0.1) is 11.8 Å². The number of hydrogen-bond donors (Lipinski definition) is 1. The molecule has 0 bridgehead atoms. The number of amides is 3. The smallest absolute Gasteiger partial charge is 0.324 e. The van der Waals surface area contributed by atoms with Gasteiger partial charge in [-0.3, -0.25) is 10.1 Å². The van der Waals surface area contributed by atoms with E-state index < -0.39 is 0 Å². The number of carbonyl (C=O) groups excluding carboxylic acids is 2. The van der Waals surface area contributed by atoms with Gasteiger partial charge < -0.3 is 14.7 Å². The summed E-state index contributed by atoms with van der Waals surface area (Å²) in [5.74, 6) is 1.16. The highest BCUT2D eigenvalue weighted by Gasteiger charge is 2.34. The molecular formula is C23H39N5O2S2. The number of urea groups is 1. The second-order valence-corrected chi connectivity index (χ2v) is 11.2. The largest absolute Gasteiger partial charge is 0.343 e. The van der Waals surface area contributed by atoms with Crippen molar-refractivity contribution >= 4 is 40.2 Å². The van der Waals surface area contributed by atoms with E-state index in [4.69, 9.17) is 0 Å². The average Bonchev–Trinajstić information content (AvgIpc) is 3.25. The van der Waals surface area contributed by atoms with Gasteiger partial charge >= 0.3 is 6.03 Å². The van der Waals surface area contributed by atoms with Crippen molar-refractivity contribution in [1.82, 2.24) is 19.7 Å². The molecule has 1 aromatic heterocycles. The molecule has 0 spiro atoms. The highest BCUT2D eigenvalue weighted by atomic mass is 32.2. The van der Waals surface area contributed by atoms with Gasteiger partial charge in [0.2, 0.25) is 5.91 Å². The maximum Gasteiger partial charge on any atom is 0.324 e. The molecule has 0 atom stereocenters. The Bertz CT molecular complexity index is 726. The molecule has 1 saturated carbocycles. The van der Waals surface area contributed by atoms with Crippen LogP contribution in [0.3, 0.4) is 0 Å². The molecule has 1 N–H and O–H groups in total. The summed E-state index contributed by atoms with van der Waals surface area (Å²) in [6, 6.07) is 0.462. The average molecular weight is 482 g/mol. The lowest BCUT2D eigenvalue weighted by molar-refractivity contribution is -0.130. The van der Waals surface area contributed by atoms with Crippen molar-refractivity contribution in [3.63, 3.8) is 0 Å². The minimum Gasteiger partial charge on any atom is -0.343 e. The van der Waals surface area contributed by atoms with E-state index in [1.807, 2.05) is 11.1 Å². The molecule has 3 amide bonds. The van der Waals surface area contributed by atoms with Crippen LogP contribution in [0.1, 0.15) is 65.7 Å². The third kappa shape index (κ3) is 7.09. The highest BCUT2D eigenvalue weighted by molar-refractivity contribution is 8.01. The minimum atomic E-state index is -0.0211. The number of nitrogens with one attached hydrogen (secondary N) is 1. The van der Waals surface area contributed by atoms with E-state index in [1.165, 1.54) is 19.3 Å². The fraction of sp³-hybridized carbons (Fsp3) is 0.783. The van der Waals surface area contributed by atoms with Crippen molar-refractivity contribution in [2.75, 3.05) is 43.8 Å². The zero-order valence-electron chi connectivity index (χ0n) is 19.8. The van der Waals surface area contributed by atoms with Gasteiger partial charge in [-0.05, 0) is 38.8 Å². The Labute approximate surface area is 201 Å². The van der Waals surface area contributed by atoms with E-state index >= 15 is 0 Å². The number of thioether (sulfide) groups is 1. The first-order valence-electron chi connectivity index (χ1n) is 12.2. The number of thiazole rings is 1. The van der Waals surface area contributed by atoms with Crippen molar-refractivity contribution in [2.24, 2.45) is 0 Å². The predicted molar refractivity (Wildman–Crippen MR) is 134 cm³/mol. The van der Waals surface area contributed by atoms with Gasteiger partial charge in [-0.2, -0.15) is 0 Å². The van der Waals surface area contributed by atoms with E-state index in [0.29, 0.717) is 11.2 Å². The number of likely N-dealkylation sites (tertiary alicyclic amines) is 1. The third-order valence-electron chi connectivity index (χ3n) is 6.75. The Morgan fingerprint density at radius 3 is 2.41 bits per heavy atom. The Balaban J connectivity index is 1.59. The van der Waals surface area contributed by atoms with E-state index in [9.17, 15) is 9.59 Å². The van der Waals surface area contributed by atoms with Crippen LogP contribution in [0, 0.1) is 0 Å². The molecule has 180 valence electrons.